The Labute approximate surface area is 94.2 Å². The minimum absolute atomic E-state index is 0.113. The standard InChI is InChI=1S/C11H13Cl2N/c1-7(14)11(4-5-11)9-3-2-8(12)6-10(9)13/h2-3,6-7H,4-5,14H2,1H3. The topological polar surface area (TPSA) is 26.0 Å². The summed E-state index contributed by atoms with van der Waals surface area (Å²) in [6.45, 7) is 2.04. The molecule has 14 heavy (non-hydrogen) atoms. The molecule has 1 fully saturated rings. The summed E-state index contributed by atoms with van der Waals surface area (Å²) in [7, 11) is 0. The van der Waals surface area contributed by atoms with Crippen LogP contribution in [0.5, 0.6) is 0 Å². The summed E-state index contributed by atoms with van der Waals surface area (Å²) < 4.78 is 0. The molecule has 0 heterocycles. The maximum Gasteiger partial charge on any atom is 0.0459 e. The van der Waals surface area contributed by atoms with Crippen LogP contribution in [0.15, 0.2) is 18.2 Å². The van der Waals surface area contributed by atoms with E-state index in [4.69, 9.17) is 28.9 Å². The van der Waals surface area contributed by atoms with E-state index in [0.717, 1.165) is 23.4 Å². The van der Waals surface area contributed by atoms with Crippen LogP contribution in [-0.4, -0.2) is 6.04 Å². The van der Waals surface area contributed by atoms with Gasteiger partial charge in [0.1, 0.15) is 0 Å². The molecule has 1 aromatic rings. The van der Waals surface area contributed by atoms with E-state index in [-0.39, 0.29) is 11.5 Å². The zero-order valence-electron chi connectivity index (χ0n) is 8.06. The Morgan fingerprint density at radius 3 is 2.43 bits per heavy atom. The van der Waals surface area contributed by atoms with Gasteiger partial charge in [-0.25, -0.2) is 0 Å². The van der Waals surface area contributed by atoms with Gasteiger partial charge in [-0.05, 0) is 37.5 Å². The molecule has 2 rings (SSSR count). The highest BCUT2D eigenvalue weighted by Crippen LogP contribution is 2.52. The van der Waals surface area contributed by atoms with Crippen LogP contribution >= 0.6 is 23.2 Å². The Balaban J connectivity index is 2.42. The molecule has 2 N–H and O–H groups in total. The molecule has 1 aromatic carbocycles. The highest BCUT2D eigenvalue weighted by molar-refractivity contribution is 6.35. The van der Waals surface area contributed by atoms with E-state index in [0.29, 0.717) is 5.02 Å². The third-order valence-corrected chi connectivity index (χ3v) is 3.68. The average Bonchev–Trinajstić information content (AvgIpc) is 2.84. The molecule has 1 nitrogen and oxygen atoms in total. The lowest BCUT2D eigenvalue weighted by Crippen LogP contribution is -2.31. The number of hydrogen-bond donors (Lipinski definition) is 1. The minimum Gasteiger partial charge on any atom is -0.327 e. The second kappa shape index (κ2) is 3.41. The van der Waals surface area contributed by atoms with Crippen molar-refractivity contribution in [3.8, 4) is 0 Å². The first-order chi connectivity index (χ1) is 6.56. The van der Waals surface area contributed by atoms with Gasteiger partial charge in [-0.3, -0.25) is 0 Å². The van der Waals surface area contributed by atoms with Crippen molar-refractivity contribution in [1.29, 1.82) is 0 Å². The molecule has 3 heteroatoms. The number of nitrogens with two attached hydrogens (primary N) is 1. The molecule has 1 unspecified atom stereocenters. The van der Waals surface area contributed by atoms with Crippen LogP contribution in [0.1, 0.15) is 25.3 Å². The number of rotatable bonds is 2. The number of halogens is 2. The molecule has 0 radical (unpaired) electrons. The quantitative estimate of drug-likeness (QED) is 0.828. The van der Waals surface area contributed by atoms with E-state index in [2.05, 4.69) is 0 Å². The van der Waals surface area contributed by atoms with Crippen LogP contribution in [0.25, 0.3) is 0 Å². The van der Waals surface area contributed by atoms with Crippen molar-refractivity contribution in [2.45, 2.75) is 31.2 Å². The molecule has 0 spiro atoms. The van der Waals surface area contributed by atoms with E-state index in [1.807, 2.05) is 19.1 Å². The third kappa shape index (κ3) is 1.54. The predicted octanol–water partition coefficient (Wildman–Crippen LogP) is 3.37. The van der Waals surface area contributed by atoms with Gasteiger partial charge in [0, 0.05) is 21.5 Å². The maximum atomic E-state index is 6.16. The summed E-state index contributed by atoms with van der Waals surface area (Å²) in [4.78, 5) is 0. The Morgan fingerprint density at radius 2 is 2.00 bits per heavy atom. The molecule has 0 aromatic heterocycles. The molecule has 0 amide bonds. The molecule has 0 bridgehead atoms. The third-order valence-electron chi connectivity index (χ3n) is 3.13. The summed E-state index contributed by atoms with van der Waals surface area (Å²) in [5, 5.41) is 1.42. The van der Waals surface area contributed by atoms with E-state index in [1.54, 1.807) is 6.07 Å². The van der Waals surface area contributed by atoms with Gasteiger partial charge in [0.05, 0.1) is 0 Å². The van der Waals surface area contributed by atoms with Crippen LogP contribution in [0.2, 0.25) is 10.0 Å². The van der Waals surface area contributed by atoms with E-state index < -0.39 is 0 Å². The molecule has 76 valence electrons. The first-order valence-corrected chi connectivity index (χ1v) is 5.53. The van der Waals surface area contributed by atoms with E-state index in [9.17, 15) is 0 Å². The molecule has 1 aliphatic carbocycles. The van der Waals surface area contributed by atoms with Crippen molar-refractivity contribution >= 4 is 23.2 Å². The van der Waals surface area contributed by atoms with Gasteiger partial charge in [-0.15, -0.1) is 0 Å². The Morgan fingerprint density at radius 1 is 1.36 bits per heavy atom. The molecule has 1 saturated carbocycles. The zero-order valence-corrected chi connectivity index (χ0v) is 9.57. The van der Waals surface area contributed by atoms with Gasteiger partial charge in [0.15, 0.2) is 0 Å². The molecule has 1 aliphatic rings. The molecule has 0 saturated heterocycles. The monoisotopic (exact) mass is 229 g/mol. The Bertz CT molecular complexity index is 356. The predicted molar refractivity (Wildman–Crippen MR) is 61.0 cm³/mol. The molecular weight excluding hydrogens is 217 g/mol. The minimum atomic E-state index is 0.113. The first-order valence-electron chi connectivity index (χ1n) is 4.77. The summed E-state index contributed by atoms with van der Waals surface area (Å²) in [6, 6.07) is 5.83. The maximum absolute atomic E-state index is 6.16. The average molecular weight is 230 g/mol. The zero-order chi connectivity index (χ0) is 10.3. The summed E-state index contributed by atoms with van der Waals surface area (Å²) in [6.07, 6.45) is 2.26. The lowest BCUT2D eigenvalue weighted by Gasteiger charge is -2.21. The fraction of sp³-hybridized carbons (Fsp3) is 0.455. The van der Waals surface area contributed by atoms with Gasteiger partial charge in [-0.2, -0.15) is 0 Å². The van der Waals surface area contributed by atoms with Crippen molar-refractivity contribution < 1.29 is 0 Å². The van der Waals surface area contributed by atoms with Crippen molar-refractivity contribution in [2.24, 2.45) is 5.73 Å². The first kappa shape index (κ1) is 10.3. The molecule has 0 aliphatic heterocycles. The number of hydrogen-bond acceptors (Lipinski definition) is 1. The van der Waals surface area contributed by atoms with E-state index >= 15 is 0 Å². The van der Waals surface area contributed by atoms with Crippen molar-refractivity contribution in [3.05, 3.63) is 33.8 Å². The van der Waals surface area contributed by atoms with Crippen LogP contribution in [-0.2, 0) is 5.41 Å². The SMILES string of the molecule is CC(N)C1(c2ccc(Cl)cc2Cl)CC1. The van der Waals surface area contributed by atoms with Crippen molar-refractivity contribution in [1.82, 2.24) is 0 Å². The summed E-state index contributed by atoms with van der Waals surface area (Å²) >= 11 is 12.0. The second-order valence-corrected chi connectivity index (χ2v) is 4.91. The van der Waals surface area contributed by atoms with Crippen molar-refractivity contribution in [3.63, 3.8) is 0 Å². The van der Waals surface area contributed by atoms with Crippen molar-refractivity contribution in [2.75, 3.05) is 0 Å². The van der Waals surface area contributed by atoms with E-state index in [1.165, 1.54) is 0 Å². The smallest absolute Gasteiger partial charge is 0.0459 e. The van der Waals surface area contributed by atoms with Crippen LogP contribution < -0.4 is 5.73 Å². The fourth-order valence-electron chi connectivity index (χ4n) is 2.00. The summed E-state index contributed by atoms with van der Waals surface area (Å²) in [5.41, 5.74) is 7.24. The Hall–Kier alpha value is -0.240. The van der Waals surface area contributed by atoms with Crippen LogP contribution in [0, 0.1) is 0 Å². The Kier molecular flexibility index (Phi) is 2.50. The lowest BCUT2D eigenvalue weighted by molar-refractivity contribution is 0.557. The largest absolute Gasteiger partial charge is 0.327 e. The second-order valence-electron chi connectivity index (χ2n) is 4.07. The van der Waals surface area contributed by atoms with Gasteiger partial charge in [0.2, 0.25) is 0 Å². The van der Waals surface area contributed by atoms with Gasteiger partial charge in [-0.1, -0.05) is 29.3 Å². The van der Waals surface area contributed by atoms with Gasteiger partial charge in [0.25, 0.3) is 0 Å². The lowest BCUT2D eigenvalue weighted by atomic mass is 9.89. The molecule has 1 atom stereocenters. The normalized spacial score (nSPS) is 20.6. The highest BCUT2D eigenvalue weighted by atomic mass is 35.5. The number of benzene rings is 1. The highest BCUT2D eigenvalue weighted by Gasteiger charge is 2.48. The van der Waals surface area contributed by atoms with Crippen LogP contribution in [0.4, 0.5) is 0 Å². The molecular formula is C11H13Cl2N. The summed E-state index contributed by atoms with van der Waals surface area (Å²) in [5.74, 6) is 0. The van der Waals surface area contributed by atoms with Crippen LogP contribution in [0.3, 0.4) is 0 Å². The van der Waals surface area contributed by atoms with Gasteiger partial charge >= 0.3 is 0 Å². The van der Waals surface area contributed by atoms with Gasteiger partial charge < -0.3 is 5.73 Å². The fourth-order valence-corrected chi connectivity index (χ4v) is 2.59.